The number of amides is 1. The van der Waals surface area contributed by atoms with Gasteiger partial charge in [0.25, 0.3) is 0 Å². The lowest BCUT2D eigenvalue weighted by Gasteiger charge is -2.15. The second-order valence-electron chi connectivity index (χ2n) is 7.79. The third-order valence-corrected chi connectivity index (χ3v) is 6.54. The molecular formula is C28H25N3O2S. The molecule has 0 saturated heterocycles. The van der Waals surface area contributed by atoms with E-state index in [4.69, 9.17) is 9.97 Å². The minimum atomic E-state index is -0.373. The van der Waals surface area contributed by atoms with Crippen LogP contribution in [0.3, 0.4) is 0 Å². The Hall–Kier alpha value is -3.77. The van der Waals surface area contributed by atoms with E-state index < -0.39 is 0 Å². The van der Waals surface area contributed by atoms with Gasteiger partial charge in [-0.1, -0.05) is 79.3 Å². The second kappa shape index (κ2) is 10.9. The summed E-state index contributed by atoms with van der Waals surface area (Å²) < 4.78 is 0. The van der Waals surface area contributed by atoms with E-state index in [1.54, 1.807) is 24.3 Å². The maximum atomic E-state index is 13.0. The second-order valence-corrected chi connectivity index (χ2v) is 8.96. The Balaban J connectivity index is 1.60. The molecule has 3 aromatic carbocycles. The fourth-order valence-electron chi connectivity index (χ4n) is 3.45. The zero-order valence-corrected chi connectivity index (χ0v) is 19.9. The summed E-state index contributed by atoms with van der Waals surface area (Å²) in [5, 5.41) is 3.12. The monoisotopic (exact) mass is 467 g/mol. The number of carbonyl (C=O) groups is 2. The number of nitrogens with one attached hydrogen (secondary N) is 1. The average molecular weight is 468 g/mol. The smallest absolute Gasteiger partial charge is 0.237 e. The highest BCUT2D eigenvalue weighted by Crippen LogP contribution is 2.30. The lowest BCUT2D eigenvalue weighted by molar-refractivity contribution is -0.115. The number of ketones is 1. The molecule has 1 unspecified atom stereocenters. The molecule has 0 aliphatic carbocycles. The molecule has 1 aromatic heterocycles. The maximum absolute atomic E-state index is 13.0. The predicted octanol–water partition coefficient (Wildman–Crippen LogP) is 6.52. The van der Waals surface area contributed by atoms with Crippen molar-refractivity contribution in [3.63, 3.8) is 0 Å². The molecule has 1 heterocycles. The molecule has 1 amide bonds. The molecule has 0 fully saturated rings. The fraction of sp³-hybridized carbons (Fsp3) is 0.143. The van der Waals surface area contributed by atoms with Crippen molar-refractivity contribution in [2.24, 2.45) is 0 Å². The minimum absolute atomic E-state index is 0.00969. The normalized spacial score (nSPS) is 11.6. The standard InChI is InChI=1S/C28H25N3O2S/c1-3-26(27(33)29-23-16-14-20(15-17-23)19(2)32)34-28-30-24(21-10-6-4-7-11-21)18-25(31-28)22-12-8-5-9-13-22/h4-18,26H,3H2,1-2H3,(H,29,33). The van der Waals surface area contributed by atoms with Crippen LogP contribution in [0.25, 0.3) is 22.5 Å². The van der Waals surface area contributed by atoms with E-state index in [0.29, 0.717) is 22.8 Å². The van der Waals surface area contributed by atoms with Gasteiger partial charge in [-0.3, -0.25) is 9.59 Å². The van der Waals surface area contributed by atoms with Crippen LogP contribution in [0.15, 0.2) is 96.2 Å². The van der Waals surface area contributed by atoms with Crippen molar-refractivity contribution in [1.82, 2.24) is 9.97 Å². The molecule has 0 saturated carbocycles. The van der Waals surface area contributed by atoms with Gasteiger partial charge in [0.1, 0.15) is 0 Å². The van der Waals surface area contributed by atoms with E-state index in [2.05, 4.69) is 5.32 Å². The van der Waals surface area contributed by atoms with Crippen molar-refractivity contribution in [2.75, 3.05) is 5.32 Å². The summed E-state index contributed by atoms with van der Waals surface area (Å²) in [6, 6.07) is 28.8. The number of hydrogen-bond donors (Lipinski definition) is 1. The fourth-order valence-corrected chi connectivity index (χ4v) is 4.34. The van der Waals surface area contributed by atoms with Gasteiger partial charge in [-0.2, -0.15) is 0 Å². The van der Waals surface area contributed by atoms with Crippen molar-refractivity contribution in [3.05, 3.63) is 96.6 Å². The highest BCUT2D eigenvalue weighted by Gasteiger charge is 2.21. The molecule has 1 atom stereocenters. The van der Waals surface area contributed by atoms with Gasteiger partial charge >= 0.3 is 0 Å². The van der Waals surface area contributed by atoms with Gasteiger partial charge in [-0.15, -0.1) is 0 Å². The molecule has 6 heteroatoms. The molecule has 0 radical (unpaired) electrons. The first-order valence-electron chi connectivity index (χ1n) is 11.1. The van der Waals surface area contributed by atoms with Crippen LogP contribution < -0.4 is 5.32 Å². The van der Waals surface area contributed by atoms with E-state index in [9.17, 15) is 9.59 Å². The Labute approximate surface area is 203 Å². The van der Waals surface area contributed by atoms with Gasteiger partial charge in [0.05, 0.1) is 16.6 Å². The number of thioether (sulfide) groups is 1. The maximum Gasteiger partial charge on any atom is 0.237 e. The summed E-state index contributed by atoms with van der Waals surface area (Å²) in [6.07, 6.45) is 0.613. The summed E-state index contributed by atoms with van der Waals surface area (Å²) >= 11 is 1.35. The molecule has 4 rings (SSSR count). The number of hydrogen-bond acceptors (Lipinski definition) is 5. The molecule has 0 aliphatic rings. The molecule has 5 nitrogen and oxygen atoms in total. The lowest BCUT2D eigenvalue weighted by Crippen LogP contribution is -2.24. The number of aromatic nitrogens is 2. The van der Waals surface area contributed by atoms with Crippen molar-refractivity contribution >= 4 is 29.1 Å². The Morgan fingerprint density at radius 2 is 1.35 bits per heavy atom. The Kier molecular flexibility index (Phi) is 7.50. The van der Waals surface area contributed by atoms with E-state index in [1.807, 2.05) is 73.7 Å². The largest absolute Gasteiger partial charge is 0.325 e. The highest BCUT2D eigenvalue weighted by molar-refractivity contribution is 8.00. The zero-order chi connectivity index (χ0) is 23.9. The van der Waals surface area contributed by atoms with Crippen molar-refractivity contribution in [3.8, 4) is 22.5 Å². The van der Waals surface area contributed by atoms with Crippen LogP contribution in [0.2, 0.25) is 0 Å². The van der Waals surface area contributed by atoms with E-state index >= 15 is 0 Å². The first-order chi connectivity index (χ1) is 16.5. The van der Waals surface area contributed by atoms with Gasteiger partial charge in [-0.05, 0) is 43.7 Å². The zero-order valence-electron chi connectivity index (χ0n) is 19.1. The van der Waals surface area contributed by atoms with Crippen LogP contribution >= 0.6 is 11.8 Å². The lowest BCUT2D eigenvalue weighted by atomic mass is 10.1. The molecule has 0 bridgehead atoms. The molecule has 0 aliphatic heterocycles. The number of benzene rings is 3. The van der Waals surface area contributed by atoms with Crippen molar-refractivity contribution in [2.45, 2.75) is 30.7 Å². The summed E-state index contributed by atoms with van der Waals surface area (Å²) in [4.78, 5) is 34.1. The van der Waals surface area contributed by atoms with Crippen LogP contribution in [0.4, 0.5) is 5.69 Å². The third-order valence-electron chi connectivity index (χ3n) is 5.31. The molecule has 0 spiro atoms. The van der Waals surface area contributed by atoms with Gasteiger partial charge in [0, 0.05) is 22.4 Å². The molecule has 34 heavy (non-hydrogen) atoms. The Bertz CT molecular complexity index is 1220. The number of anilines is 1. The predicted molar refractivity (Wildman–Crippen MR) is 138 cm³/mol. The summed E-state index contributed by atoms with van der Waals surface area (Å²) in [7, 11) is 0. The molecule has 1 N–H and O–H groups in total. The topological polar surface area (TPSA) is 72.0 Å². The average Bonchev–Trinajstić information content (AvgIpc) is 2.88. The van der Waals surface area contributed by atoms with E-state index in [0.717, 1.165) is 22.5 Å². The first kappa shape index (κ1) is 23.4. The van der Waals surface area contributed by atoms with Gasteiger partial charge < -0.3 is 5.32 Å². The van der Waals surface area contributed by atoms with Crippen LogP contribution in [0.5, 0.6) is 0 Å². The quantitative estimate of drug-likeness (QED) is 0.181. The number of Topliss-reactive ketones (excluding diaryl/α,β-unsaturated/α-hetero) is 1. The highest BCUT2D eigenvalue weighted by atomic mass is 32.2. The number of carbonyl (C=O) groups excluding carboxylic acids is 2. The van der Waals surface area contributed by atoms with Crippen molar-refractivity contribution in [1.29, 1.82) is 0 Å². The summed E-state index contributed by atoms with van der Waals surface area (Å²) in [6.45, 7) is 3.49. The summed E-state index contributed by atoms with van der Waals surface area (Å²) in [5.74, 6) is -0.136. The van der Waals surface area contributed by atoms with Gasteiger partial charge in [0.15, 0.2) is 10.9 Å². The molecule has 170 valence electrons. The first-order valence-corrected chi connectivity index (χ1v) is 12.0. The Morgan fingerprint density at radius 1 is 0.824 bits per heavy atom. The number of nitrogens with zero attached hydrogens (tertiary/aromatic N) is 2. The minimum Gasteiger partial charge on any atom is -0.325 e. The van der Waals surface area contributed by atoms with Crippen LogP contribution in [0, 0.1) is 0 Å². The van der Waals surface area contributed by atoms with E-state index in [1.165, 1.54) is 18.7 Å². The van der Waals surface area contributed by atoms with Gasteiger partial charge in [-0.25, -0.2) is 9.97 Å². The number of rotatable bonds is 8. The third kappa shape index (κ3) is 5.77. The van der Waals surface area contributed by atoms with Gasteiger partial charge in [0.2, 0.25) is 5.91 Å². The SMILES string of the molecule is CCC(Sc1nc(-c2ccccc2)cc(-c2ccccc2)n1)C(=O)Nc1ccc(C(C)=O)cc1. The van der Waals surface area contributed by atoms with Crippen LogP contribution in [-0.4, -0.2) is 26.9 Å². The van der Waals surface area contributed by atoms with Crippen LogP contribution in [-0.2, 0) is 4.79 Å². The van der Waals surface area contributed by atoms with Crippen LogP contribution in [0.1, 0.15) is 30.6 Å². The Morgan fingerprint density at radius 3 is 1.82 bits per heavy atom. The van der Waals surface area contributed by atoms with Crippen molar-refractivity contribution < 1.29 is 9.59 Å². The molecule has 4 aromatic rings. The summed E-state index contributed by atoms with van der Waals surface area (Å²) in [5.41, 5.74) is 4.87. The molecular weight excluding hydrogens is 442 g/mol. The van der Waals surface area contributed by atoms with E-state index in [-0.39, 0.29) is 16.9 Å².